The first-order valence-electron chi connectivity index (χ1n) is 5.77. The molecule has 0 aliphatic heterocycles. The third kappa shape index (κ3) is 6.58. The van der Waals surface area contributed by atoms with Gasteiger partial charge in [-0.1, -0.05) is 27.7 Å². The van der Waals surface area contributed by atoms with Crippen LogP contribution in [0.2, 0.25) is 0 Å². The van der Waals surface area contributed by atoms with Gasteiger partial charge in [0.25, 0.3) is 0 Å². The van der Waals surface area contributed by atoms with Crippen LogP contribution in [0.25, 0.3) is 0 Å². The van der Waals surface area contributed by atoms with Gasteiger partial charge in [0.1, 0.15) is 11.8 Å². The predicted octanol–water partition coefficient (Wildman–Crippen LogP) is 0.283. The lowest BCUT2D eigenvalue weighted by Gasteiger charge is -2.18. The molecule has 0 bridgehead atoms. The Labute approximate surface area is 108 Å². The number of rotatable bonds is 7. The van der Waals surface area contributed by atoms with Gasteiger partial charge < -0.3 is 10.4 Å². The van der Waals surface area contributed by atoms with Crippen molar-refractivity contribution in [3.63, 3.8) is 0 Å². The van der Waals surface area contributed by atoms with E-state index in [4.69, 9.17) is 5.11 Å². The fraction of sp³-hybridized carbons (Fsp3) is 0.818. The molecule has 6 nitrogen and oxygen atoms in total. The molecule has 7 heteroatoms. The molecule has 0 radical (unpaired) electrons. The van der Waals surface area contributed by atoms with Crippen molar-refractivity contribution in [3.05, 3.63) is 0 Å². The zero-order valence-corrected chi connectivity index (χ0v) is 12.0. The van der Waals surface area contributed by atoms with E-state index in [2.05, 4.69) is 5.32 Å². The van der Waals surface area contributed by atoms with Crippen LogP contribution in [0.1, 0.15) is 27.7 Å². The van der Waals surface area contributed by atoms with Gasteiger partial charge in [0, 0.05) is 0 Å². The first kappa shape index (κ1) is 16.9. The Balaban J connectivity index is 4.56. The number of sulfone groups is 1. The maximum atomic E-state index is 11.6. The molecule has 0 rings (SSSR count). The highest BCUT2D eigenvalue weighted by Gasteiger charge is 2.26. The third-order valence-electron chi connectivity index (χ3n) is 2.19. The number of aliphatic carboxylic acids is 1. The van der Waals surface area contributed by atoms with E-state index in [1.54, 1.807) is 27.7 Å². The van der Waals surface area contributed by atoms with E-state index in [1.165, 1.54) is 0 Å². The minimum Gasteiger partial charge on any atom is -0.480 e. The topological polar surface area (TPSA) is 101 Å². The van der Waals surface area contributed by atoms with Gasteiger partial charge in [-0.15, -0.1) is 0 Å². The molecule has 0 saturated carbocycles. The van der Waals surface area contributed by atoms with Gasteiger partial charge in [-0.3, -0.25) is 4.79 Å². The molecule has 1 unspecified atom stereocenters. The highest BCUT2D eigenvalue weighted by molar-refractivity contribution is 7.92. The van der Waals surface area contributed by atoms with E-state index in [0.717, 1.165) is 0 Å². The van der Waals surface area contributed by atoms with Gasteiger partial charge in [-0.25, -0.2) is 13.2 Å². The minimum absolute atomic E-state index is 0.0665. The zero-order chi connectivity index (χ0) is 14.5. The van der Waals surface area contributed by atoms with Crippen molar-refractivity contribution in [3.8, 4) is 0 Å². The van der Waals surface area contributed by atoms with Crippen molar-refractivity contribution in [2.24, 2.45) is 11.8 Å². The van der Waals surface area contributed by atoms with Crippen molar-refractivity contribution >= 4 is 21.7 Å². The Morgan fingerprint density at radius 1 is 1.17 bits per heavy atom. The second kappa shape index (κ2) is 6.72. The van der Waals surface area contributed by atoms with Crippen LogP contribution in [0.15, 0.2) is 0 Å². The smallest absolute Gasteiger partial charge is 0.326 e. The summed E-state index contributed by atoms with van der Waals surface area (Å²) in [7, 11) is -3.48. The monoisotopic (exact) mass is 279 g/mol. The Morgan fingerprint density at radius 2 is 1.67 bits per heavy atom. The number of hydrogen-bond donors (Lipinski definition) is 2. The van der Waals surface area contributed by atoms with E-state index < -0.39 is 33.5 Å². The summed E-state index contributed by atoms with van der Waals surface area (Å²) in [6, 6.07) is -1.06. The standard InChI is InChI=1S/C11H21NO5S/c1-7(2)5-18(16,17)6-9(13)12-10(8(3)4)11(14)15/h7-8,10H,5-6H2,1-4H3,(H,12,13)(H,14,15). The molecule has 0 fully saturated rings. The van der Waals surface area contributed by atoms with E-state index in [9.17, 15) is 18.0 Å². The normalized spacial score (nSPS) is 13.7. The third-order valence-corrected chi connectivity index (χ3v) is 4.06. The van der Waals surface area contributed by atoms with E-state index in [0.29, 0.717) is 0 Å². The van der Waals surface area contributed by atoms with Crippen LogP contribution in [0.4, 0.5) is 0 Å². The SMILES string of the molecule is CC(C)CS(=O)(=O)CC(=O)NC(C(=O)O)C(C)C. The average Bonchev–Trinajstić information content (AvgIpc) is 2.09. The van der Waals surface area contributed by atoms with Crippen LogP contribution >= 0.6 is 0 Å². The quantitative estimate of drug-likeness (QED) is 0.697. The minimum atomic E-state index is -3.48. The highest BCUT2D eigenvalue weighted by Crippen LogP contribution is 2.04. The first-order valence-corrected chi connectivity index (χ1v) is 7.60. The number of nitrogens with one attached hydrogen (secondary N) is 1. The number of carboxylic acids is 1. The number of hydrogen-bond acceptors (Lipinski definition) is 4. The first-order chi connectivity index (χ1) is 8.05. The van der Waals surface area contributed by atoms with Gasteiger partial charge in [0.05, 0.1) is 5.75 Å². The Hall–Kier alpha value is -1.11. The Morgan fingerprint density at radius 3 is 2.00 bits per heavy atom. The molecule has 0 spiro atoms. The van der Waals surface area contributed by atoms with Crippen molar-refractivity contribution in [1.29, 1.82) is 0 Å². The summed E-state index contributed by atoms with van der Waals surface area (Å²) in [5.41, 5.74) is 0. The molecule has 0 aromatic heterocycles. The molecule has 1 atom stereocenters. The number of carboxylic acid groups (broad SMARTS) is 1. The summed E-state index contributed by atoms with van der Waals surface area (Å²) in [6.45, 7) is 6.76. The maximum Gasteiger partial charge on any atom is 0.326 e. The van der Waals surface area contributed by atoms with Crippen LogP contribution < -0.4 is 5.32 Å². The van der Waals surface area contributed by atoms with E-state index >= 15 is 0 Å². The zero-order valence-electron chi connectivity index (χ0n) is 11.1. The summed E-state index contributed by atoms with van der Waals surface area (Å²) in [5, 5.41) is 11.1. The van der Waals surface area contributed by atoms with Crippen molar-refractivity contribution in [2.75, 3.05) is 11.5 Å². The van der Waals surface area contributed by atoms with E-state index in [1.807, 2.05) is 0 Å². The highest BCUT2D eigenvalue weighted by atomic mass is 32.2. The molecular weight excluding hydrogens is 258 g/mol. The van der Waals surface area contributed by atoms with Crippen LogP contribution in [0, 0.1) is 11.8 Å². The summed E-state index contributed by atoms with van der Waals surface area (Å²) >= 11 is 0. The van der Waals surface area contributed by atoms with Crippen molar-refractivity contribution in [2.45, 2.75) is 33.7 Å². The van der Waals surface area contributed by atoms with Gasteiger partial charge in [0.15, 0.2) is 9.84 Å². The van der Waals surface area contributed by atoms with Crippen molar-refractivity contribution < 1.29 is 23.1 Å². The number of carbonyl (C=O) groups excluding carboxylic acids is 1. The van der Waals surface area contributed by atoms with Gasteiger partial charge in [0.2, 0.25) is 5.91 Å². The summed E-state index contributed by atoms with van der Waals surface area (Å²) < 4.78 is 23.1. The molecule has 1 amide bonds. The number of carbonyl (C=O) groups is 2. The van der Waals surface area contributed by atoms with Crippen LogP contribution in [0.3, 0.4) is 0 Å². The lowest BCUT2D eigenvalue weighted by Crippen LogP contribution is -2.46. The van der Waals surface area contributed by atoms with E-state index in [-0.39, 0.29) is 17.6 Å². The second-order valence-corrected chi connectivity index (χ2v) is 7.19. The largest absolute Gasteiger partial charge is 0.480 e. The molecule has 0 saturated heterocycles. The summed E-state index contributed by atoms with van der Waals surface area (Å²) in [6.07, 6.45) is 0. The van der Waals surface area contributed by atoms with Gasteiger partial charge >= 0.3 is 5.97 Å². The summed E-state index contributed by atoms with van der Waals surface area (Å²) in [4.78, 5) is 22.4. The molecule has 0 aromatic carbocycles. The van der Waals surface area contributed by atoms with Crippen molar-refractivity contribution in [1.82, 2.24) is 5.32 Å². The molecule has 106 valence electrons. The maximum absolute atomic E-state index is 11.6. The lowest BCUT2D eigenvalue weighted by atomic mass is 10.1. The molecule has 18 heavy (non-hydrogen) atoms. The number of amides is 1. The average molecular weight is 279 g/mol. The second-order valence-electron chi connectivity index (χ2n) is 5.08. The molecular formula is C11H21NO5S. The molecule has 0 heterocycles. The fourth-order valence-corrected chi connectivity index (χ4v) is 3.11. The fourth-order valence-electron chi connectivity index (χ4n) is 1.50. The Bertz CT molecular complexity index is 400. The lowest BCUT2D eigenvalue weighted by molar-refractivity contribution is -0.142. The Kier molecular flexibility index (Phi) is 6.31. The summed E-state index contributed by atoms with van der Waals surface area (Å²) in [5.74, 6) is -3.06. The predicted molar refractivity (Wildman–Crippen MR) is 67.9 cm³/mol. The molecule has 0 aliphatic rings. The van der Waals surface area contributed by atoms with Crippen LogP contribution in [-0.2, 0) is 19.4 Å². The van der Waals surface area contributed by atoms with Crippen LogP contribution in [0.5, 0.6) is 0 Å². The molecule has 0 aliphatic carbocycles. The van der Waals surface area contributed by atoms with Gasteiger partial charge in [-0.2, -0.15) is 0 Å². The molecule has 2 N–H and O–H groups in total. The molecule has 0 aromatic rings. The van der Waals surface area contributed by atoms with Gasteiger partial charge in [-0.05, 0) is 11.8 Å². The van der Waals surface area contributed by atoms with Crippen LogP contribution in [-0.4, -0.2) is 42.9 Å².